The number of hydrogen-bond acceptors (Lipinski definition) is 7. The lowest BCUT2D eigenvalue weighted by molar-refractivity contribution is -0.131. The monoisotopic (exact) mass is 574 g/mol. The molecule has 2 aromatic heterocycles. The number of carbonyl (C=O) groups excluding carboxylic acids is 1. The van der Waals surface area contributed by atoms with E-state index in [-0.39, 0.29) is 35.8 Å². The molecule has 1 amide bonds. The minimum Gasteiger partial charge on any atom is -0.367 e. The quantitative estimate of drug-likeness (QED) is 0.418. The summed E-state index contributed by atoms with van der Waals surface area (Å²) in [6.07, 6.45) is -0.105. The van der Waals surface area contributed by atoms with Gasteiger partial charge in [-0.1, -0.05) is 12.0 Å². The first-order valence-electron chi connectivity index (χ1n) is 13.0. The molecule has 0 spiro atoms. The van der Waals surface area contributed by atoms with Crippen LogP contribution in [0.5, 0.6) is 0 Å². The third-order valence-corrected chi connectivity index (χ3v) is 8.44. The number of anilines is 1. The summed E-state index contributed by atoms with van der Waals surface area (Å²) in [5.41, 5.74) is 3.47. The molecule has 40 heavy (non-hydrogen) atoms. The van der Waals surface area contributed by atoms with Crippen LogP contribution in [0.15, 0.2) is 30.6 Å². The minimum atomic E-state index is -4.33. The van der Waals surface area contributed by atoms with Gasteiger partial charge in [-0.05, 0) is 43.4 Å². The van der Waals surface area contributed by atoms with Crippen LogP contribution in [0.3, 0.4) is 0 Å². The predicted molar refractivity (Wildman–Crippen MR) is 145 cm³/mol. The van der Waals surface area contributed by atoms with Gasteiger partial charge >= 0.3 is 6.18 Å². The van der Waals surface area contributed by atoms with E-state index < -0.39 is 22.4 Å². The summed E-state index contributed by atoms with van der Waals surface area (Å²) in [5.74, 6) is 6.20. The minimum absolute atomic E-state index is 0.0883. The highest BCUT2D eigenvalue weighted by atomic mass is 32.2. The van der Waals surface area contributed by atoms with Crippen molar-refractivity contribution < 1.29 is 26.4 Å². The molecule has 3 aromatic rings. The lowest BCUT2D eigenvalue weighted by Crippen LogP contribution is -2.40. The van der Waals surface area contributed by atoms with Crippen molar-refractivity contribution in [3.05, 3.63) is 47.4 Å². The van der Waals surface area contributed by atoms with Gasteiger partial charge in [0, 0.05) is 43.0 Å². The Labute approximate surface area is 230 Å². The Morgan fingerprint density at radius 3 is 2.62 bits per heavy atom. The molecule has 0 unspecified atom stereocenters. The molecule has 1 aromatic carbocycles. The average Bonchev–Trinajstić information content (AvgIpc) is 3.59. The van der Waals surface area contributed by atoms with Crippen LogP contribution < -0.4 is 10.6 Å². The Balaban J connectivity index is 1.43. The molecule has 9 nitrogen and oxygen atoms in total. The highest BCUT2D eigenvalue weighted by Crippen LogP contribution is 2.27. The van der Waals surface area contributed by atoms with Gasteiger partial charge < -0.3 is 10.6 Å². The molecular weight excluding hydrogens is 545 g/mol. The number of alkyl halides is 3. The largest absolute Gasteiger partial charge is 0.390 e. The number of sulfone groups is 1. The molecule has 0 atom stereocenters. The maximum Gasteiger partial charge on any atom is 0.390 e. The predicted octanol–water partition coefficient (Wildman–Crippen LogP) is 3.04. The van der Waals surface area contributed by atoms with Crippen molar-refractivity contribution in [2.75, 3.05) is 43.0 Å². The Bertz CT molecular complexity index is 1590. The third kappa shape index (κ3) is 6.92. The molecule has 0 radical (unpaired) electrons. The lowest BCUT2D eigenvalue weighted by atomic mass is 10.0. The van der Waals surface area contributed by atoms with Crippen molar-refractivity contribution >= 4 is 27.2 Å². The second-order valence-corrected chi connectivity index (χ2v) is 12.4. The number of aryl methyl sites for hydroxylation is 1. The van der Waals surface area contributed by atoms with Crippen LogP contribution in [0.2, 0.25) is 0 Å². The van der Waals surface area contributed by atoms with Crippen molar-refractivity contribution in [3.63, 3.8) is 0 Å². The lowest BCUT2D eigenvalue weighted by Gasteiger charge is -2.24. The van der Waals surface area contributed by atoms with Gasteiger partial charge in [-0.25, -0.2) is 18.4 Å². The van der Waals surface area contributed by atoms with Gasteiger partial charge in [0.1, 0.15) is 5.69 Å². The number of fused-ring (bicyclic) bond motifs is 1. The Hall–Kier alpha value is -3.63. The van der Waals surface area contributed by atoms with E-state index in [2.05, 4.69) is 32.4 Å². The molecular formula is C27H29F3N6O3S. The number of benzene rings is 1. The third-order valence-electron chi connectivity index (χ3n) is 6.83. The van der Waals surface area contributed by atoms with Crippen LogP contribution >= 0.6 is 0 Å². The van der Waals surface area contributed by atoms with Crippen molar-refractivity contribution in [1.82, 2.24) is 24.6 Å². The SMILES string of the molecule is Cc1cc(-c2cnc3c(NCCC(F)(F)F)nc(C#CCN4CCS(=O)(=O)CC4)cn23)ccc1C(=O)NC1CC1. The van der Waals surface area contributed by atoms with Crippen molar-refractivity contribution in [2.24, 2.45) is 0 Å². The molecule has 5 rings (SSSR count). The van der Waals surface area contributed by atoms with Crippen LogP contribution in [0.25, 0.3) is 16.9 Å². The summed E-state index contributed by atoms with van der Waals surface area (Å²) in [6.45, 7) is 2.60. The van der Waals surface area contributed by atoms with Crippen molar-refractivity contribution in [3.8, 4) is 23.1 Å². The number of carbonyl (C=O) groups is 1. The number of imidazole rings is 1. The zero-order valence-corrected chi connectivity index (χ0v) is 22.7. The number of rotatable bonds is 7. The van der Waals surface area contributed by atoms with E-state index >= 15 is 0 Å². The summed E-state index contributed by atoms with van der Waals surface area (Å²) in [5, 5.41) is 5.73. The first-order valence-corrected chi connectivity index (χ1v) is 14.8. The average molecular weight is 575 g/mol. The number of hydrogen-bond donors (Lipinski definition) is 2. The Kier molecular flexibility index (Phi) is 7.74. The van der Waals surface area contributed by atoms with E-state index in [0.717, 1.165) is 24.0 Å². The molecule has 2 aliphatic rings. The molecule has 0 bridgehead atoms. The molecule has 1 saturated heterocycles. The Morgan fingerprint density at radius 2 is 1.95 bits per heavy atom. The fraction of sp³-hybridized carbons (Fsp3) is 0.444. The van der Waals surface area contributed by atoms with E-state index in [9.17, 15) is 26.4 Å². The van der Waals surface area contributed by atoms with E-state index in [1.54, 1.807) is 22.9 Å². The fourth-order valence-electron chi connectivity index (χ4n) is 4.42. The van der Waals surface area contributed by atoms with E-state index in [1.165, 1.54) is 0 Å². The number of nitrogens with one attached hydrogen (secondary N) is 2. The first kappa shape index (κ1) is 27.9. The Morgan fingerprint density at radius 1 is 1.20 bits per heavy atom. The molecule has 2 fully saturated rings. The van der Waals surface area contributed by atoms with Gasteiger partial charge in [-0.2, -0.15) is 13.2 Å². The fourth-order valence-corrected chi connectivity index (χ4v) is 5.70. The van der Waals surface area contributed by atoms with Crippen LogP contribution in [0.1, 0.15) is 40.9 Å². The number of nitrogens with zero attached hydrogens (tertiary/aromatic N) is 4. The second-order valence-electron chi connectivity index (χ2n) is 10.1. The maximum absolute atomic E-state index is 12.8. The van der Waals surface area contributed by atoms with Crippen molar-refractivity contribution in [1.29, 1.82) is 0 Å². The topological polar surface area (TPSA) is 109 Å². The number of halogens is 3. The zero-order valence-electron chi connectivity index (χ0n) is 21.9. The molecule has 13 heteroatoms. The van der Waals surface area contributed by atoms with Crippen LogP contribution in [0, 0.1) is 18.8 Å². The van der Waals surface area contributed by atoms with Gasteiger partial charge in [0.15, 0.2) is 21.3 Å². The standard InChI is InChI=1S/C27H29F3N6O3S/c1-18-15-19(4-7-22(18)26(37)34-20-5-6-20)23-16-32-25-24(31-9-8-27(28,29)30)33-21(17-36(23)25)3-2-10-35-11-13-40(38,39)14-12-35/h4,7,15-17,20H,5-6,8-14H2,1H3,(H,31,33)(H,34,37). The summed E-state index contributed by atoms with van der Waals surface area (Å²) >= 11 is 0. The highest BCUT2D eigenvalue weighted by Gasteiger charge is 2.27. The molecule has 2 N–H and O–H groups in total. The first-order chi connectivity index (χ1) is 19.0. The smallest absolute Gasteiger partial charge is 0.367 e. The molecule has 1 aliphatic heterocycles. The van der Waals surface area contributed by atoms with E-state index in [1.807, 2.05) is 24.0 Å². The second kappa shape index (κ2) is 11.1. The van der Waals surface area contributed by atoms with Gasteiger partial charge in [0.05, 0.1) is 36.4 Å². The van der Waals surface area contributed by atoms with E-state index in [0.29, 0.717) is 42.2 Å². The zero-order chi connectivity index (χ0) is 28.5. The van der Waals surface area contributed by atoms with Gasteiger partial charge in [-0.15, -0.1) is 0 Å². The molecule has 1 aliphatic carbocycles. The normalized spacial score (nSPS) is 17.3. The van der Waals surface area contributed by atoms with Crippen molar-refractivity contribution in [2.45, 2.75) is 38.4 Å². The molecule has 1 saturated carbocycles. The molecule has 3 heterocycles. The maximum atomic E-state index is 12.8. The van der Waals surface area contributed by atoms with Crippen LogP contribution in [-0.4, -0.2) is 83.5 Å². The van der Waals surface area contributed by atoms with Gasteiger partial charge in [0.2, 0.25) is 0 Å². The number of amides is 1. The summed E-state index contributed by atoms with van der Waals surface area (Å²) < 4.78 is 63.4. The molecule has 212 valence electrons. The van der Waals surface area contributed by atoms with Gasteiger partial charge in [0.25, 0.3) is 5.91 Å². The van der Waals surface area contributed by atoms with Gasteiger partial charge in [-0.3, -0.25) is 14.1 Å². The summed E-state index contributed by atoms with van der Waals surface area (Å²) in [4.78, 5) is 23.3. The highest BCUT2D eigenvalue weighted by molar-refractivity contribution is 7.91. The van der Waals surface area contributed by atoms with Crippen LogP contribution in [-0.2, 0) is 9.84 Å². The van der Waals surface area contributed by atoms with Crippen LogP contribution in [0.4, 0.5) is 19.0 Å². The van der Waals surface area contributed by atoms with E-state index in [4.69, 9.17) is 0 Å². The summed E-state index contributed by atoms with van der Waals surface area (Å²) in [7, 11) is -3.00. The summed E-state index contributed by atoms with van der Waals surface area (Å²) in [6, 6.07) is 5.68. The number of aromatic nitrogens is 3.